The molecular weight excluding hydrogens is 324 g/mol. The van der Waals surface area contributed by atoms with Gasteiger partial charge in [-0.2, -0.15) is 0 Å². The van der Waals surface area contributed by atoms with Crippen LogP contribution in [0.1, 0.15) is 37.2 Å². The molecule has 0 bridgehead atoms. The molecule has 0 atom stereocenters. The molecular formula is C21H24N4O. The number of rotatable bonds is 3. The highest BCUT2D eigenvalue weighted by Crippen LogP contribution is 2.31. The minimum absolute atomic E-state index is 0.0395. The first-order valence-corrected chi connectivity index (χ1v) is 9.12. The van der Waals surface area contributed by atoms with Crippen molar-refractivity contribution in [2.24, 2.45) is 0 Å². The molecule has 2 heterocycles. The summed E-state index contributed by atoms with van der Waals surface area (Å²) in [5.74, 6) is 1.44. The zero-order valence-electron chi connectivity index (χ0n) is 15.4. The molecule has 5 nitrogen and oxygen atoms in total. The average molecular weight is 348 g/mol. The van der Waals surface area contributed by atoms with Gasteiger partial charge in [-0.1, -0.05) is 38.1 Å². The van der Waals surface area contributed by atoms with Crippen LogP contribution < -0.4 is 5.32 Å². The van der Waals surface area contributed by atoms with Gasteiger partial charge >= 0.3 is 6.03 Å². The number of nitrogens with zero attached hydrogens (tertiary/aromatic N) is 3. The maximum atomic E-state index is 12.5. The predicted octanol–water partition coefficient (Wildman–Crippen LogP) is 4.56. The molecule has 1 aliphatic rings. The normalized spacial score (nSPS) is 14.7. The van der Waals surface area contributed by atoms with Gasteiger partial charge in [0.15, 0.2) is 0 Å². The molecule has 0 radical (unpaired) electrons. The topological polar surface area (TPSA) is 50.2 Å². The summed E-state index contributed by atoms with van der Waals surface area (Å²) >= 11 is 0. The number of urea groups is 1. The number of likely N-dealkylation sites (tertiary alicyclic amines) is 1. The second-order valence-corrected chi connectivity index (χ2v) is 7.34. The molecule has 0 saturated carbocycles. The fourth-order valence-electron chi connectivity index (χ4n) is 3.56. The molecule has 5 heteroatoms. The Labute approximate surface area is 153 Å². The van der Waals surface area contributed by atoms with E-state index < -0.39 is 0 Å². The first-order valence-electron chi connectivity index (χ1n) is 9.12. The SMILES string of the molecule is Cc1cccc(NC(=O)N2CC(n3c(C(C)C)nc4ccccc43)C2)c1. The molecule has 1 aliphatic heterocycles. The number of hydrogen-bond acceptors (Lipinski definition) is 2. The molecule has 26 heavy (non-hydrogen) atoms. The van der Waals surface area contributed by atoms with Crippen LogP contribution in [0.4, 0.5) is 10.5 Å². The van der Waals surface area contributed by atoms with Crippen LogP contribution in [-0.2, 0) is 0 Å². The fourth-order valence-corrected chi connectivity index (χ4v) is 3.56. The lowest BCUT2D eigenvalue weighted by molar-refractivity contribution is 0.135. The van der Waals surface area contributed by atoms with Gasteiger partial charge in [-0.15, -0.1) is 0 Å². The zero-order chi connectivity index (χ0) is 18.3. The average Bonchev–Trinajstić information content (AvgIpc) is 2.93. The molecule has 2 amide bonds. The Balaban J connectivity index is 1.50. The van der Waals surface area contributed by atoms with Gasteiger partial charge in [-0.25, -0.2) is 9.78 Å². The van der Waals surface area contributed by atoms with Crippen LogP contribution in [0, 0.1) is 6.92 Å². The van der Waals surface area contributed by atoms with E-state index >= 15 is 0 Å². The third-order valence-electron chi connectivity index (χ3n) is 4.92. The Morgan fingerprint density at radius 3 is 2.65 bits per heavy atom. The van der Waals surface area contributed by atoms with Crippen molar-refractivity contribution >= 4 is 22.8 Å². The van der Waals surface area contributed by atoms with Gasteiger partial charge in [-0.05, 0) is 36.8 Å². The predicted molar refractivity (Wildman–Crippen MR) is 105 cm³/mol. The van der Waals surface area contributed by atoms with E-state index in [2.05, 4.69) is 35.9 Å². The third kappa shape index (κ3) is 2.94. The number of para-hydroxylation sites is 2. The summed E-state index contributed by atoms with van der Waals surface area (Å²) < 4.78 is 2.32. The summed E-state index contributed by atoms with van der Waals surface area (Å²) in [4.78, 5) is 19.2. The van der Waals surface area contributed by atoms with Crippen molar-refractivity contribution in [1.29, 1.82) is 0 Å². The van der Waals surface area contributed by atoms with E-state index in [1.165, 1.54) is 0 Å². The monoisotopic (exact) mass is 348 g/mol. The molecule has 4 rings (SSSR count). The van der Waals surface area contributed by atoms with Crippen molar-refractivity contribution in [2.45, 2.75) is 32.7 Å². The number of nitrogens with one attached hydrogen (secondary N) is 1. The summed E-state index contributed by atoms with van der Waals surface area (Å²) in [6.45, 7) is 7.76. The smallest absolute Gasteiger partial charge is 0.321 e. The summed E-state index contributed by atoms with van der Waals surface area (Å²) in [6, 6.07) is 16.4. The summed E-state index contributed by atoms with van der Waals surface area (Å²) in [5, 5.41) is 2.99. The van der Waals surface area contributed by atoms with E-state index in [9.17, 15) is 4.79 Å². The van der Waals surface area contributed by atoms with Crippen LogP contribution in [-0.4, -0.2) is 33.6 Å². The lowest BCUT2D eigenvalue weighted by Gasteiger charge is -2.41. The summed E-state index contributed by atoms with van der Waals surface area (Å²) in [5.41, 5.74) is 4.16. The van der Waals surface area contributed by atoms with Gasteiger partial charge in [0.1, 0.15) is 5.82 Å². The molecule has 0 unspecified atom stereocenters. The molecule has 0 spiro atoms. The first-order chi connectivity index (χ1) is 12.5. The Morgan fingerprint density at radius 2 is 1.92 bits per heavy atom. The van der Waals surface area contributed by atoms with E-state index in [0.29, 0.717) is 19.0 Å². The lowest BCUT2D eigenvalue weighted by atomic mass is 10.1. The van der Waals surface area contributed by atoms with Crippen molar-refractivity contribution < 1.29 is 4.79 Å². The Hall–Kier alpha value is -2.82. The second kappa shape index (κ2) is 6.48. The Kier molecular flexibility index (Phi) is 4.15. The molecule has 3 aromatic rings. The molecule has 1 fully saturated rings. The molecule has 1 aromatic heterocycles. The zero-order valence-corrected chi connectivity index (χ0v) is 15.4. The first kappa shape index (κ1) is 16.6. The largest absolute Gasteiger partial charge is 0.321 e. The van der Waals surface area contributed by atoms with Gasteiger partial charge in [0.05, 0.1) is 17.1 Å². The summed E-state index contributed by atoms with van der Waals surface area (Å²) in [6.07, 6.45) is 0. The number of carbonyl (C=O) groups excluding carboxylic acids is 1. The molecule has 0 aliphatic carbocycles. The standard InChI is InChI=1S/C21H24N4O/c1-14(2)20-23-18-9-4-5-10-19(18)25(20)17-12-24(13-17)21(26)22-16-8-6-7-15(3)11-16/h4-11,14,17H,12-13H2,1-3H3,(H,22,26). The van der Waals surface area contributed by atoms with Crippen LogP contribution in [0.15, 0.2) is 48.5 Å². The molecule has 134 valence electrons. The molecule has 1 N–H and O–H groups in total. The highest BCUT2D eigenvalue weighted by atomic mass is 16.2. The van der Waals surface area contributed by atoms with Crippen LogP contribution in [0.5, 0.6) is 0 Å². The van der Waals surface area contributed by atoms with Gasteiger partial charge in [0, 0.05) is 24.7 Å². The number of fused-ring (bicyclic) bond motifs is 1. The quantitative estimate of drug-likeness (QED) is 0.754. The Bertz CT molecular complexity index is 954. The summed E-state index contributed by atoms with van der Waals surface area (Å²) in [7, 11) is 0. The van der Waals surface area contributed by atoms with Gasteiger partial charge in [-0.3, -0.25) is 0 Å². The van der Waals surface area contributed by atoms with E-state index in [0.717, 1.165) is 28.1 Å². The second-order valence-electron chi connectivity index (χ2n) is 7.34. The highest BCUT2D eigenvalue weighted by molar-refractivity contribution is 5.90. The molecule has 1 saturated heterocycles. The van der Waals surface area contributed by atoms with Crippen molar-refractivity contribution in [3.8, 4) is 0 Å². The maximum absolute atomic E-state index is 12.5. The van der Waals surface area contributed by atoms with Crippen LogP contribution >= 0.6 is 0 Å². The van der Waals surface area contributed by atoms with Gasteiger partial charge in [0.25, 0.3) is 0 Å². The van der Waals surface area contributed by atoms with Gasteiger partial charge in [0.2, 0.25) is 0 Å². The van der Waals surface area contributed by atoms with Crippen LogP contribution in [0.2, 0.25) is 0 Å². The van der Waals surface area contributed by atoms with Crippen LogP contribution in [0.25, 0.3) is 11.0 Å². The van der Waals surface area contributed by atoms with E-state index in [1.807, 2.05) is 48.2 Å². The number of aromatic nitrogens is 2. The molecule has 2 aromatic carbocycles. The number of anilines is 1. The van der Waals surface area contributed by atoms with Crippen molar-refractivity contribution in [3.05, 3.63) is 59.9 Å². The minimum atomic E-state index is -0.0395. The van der Waals surface area contributed by atoms with Crippen molar-refractivity contribution in [2.75, 3.05) is 18.4 Å². The number of hydrogen-bond donors (Lipinski definition) is 1. The van der Waals surface area contributed by atoms with E-state index in [1.54, 1.807) is 0 Å². The van der Waals surface area contributed by atoms with Crippen LogP contribution in [0.3, 0.4) is 0 Å². The Morgan fingerprint density at radius 1 is 1.15 bits per heavy atom. The third-order valence-corrected chi connectivity index (χ3v) is 4.92. The van der Waals surface area contributed by atoms with E-state index in [4.69, 9.17) is 4.98 Å². The maximum Gasteiger partial charge on any atom is 0.321 e. The minimum Gasteiger partial charge on any atom is -0.321 e. The highest BCUT2D eigenvalue weighted by Gasteiger charge is 2.34. The lowest BCUT2D eigenvalue weighted by Crippen LogP contribution is -2.52. The van der Waals surface area contributed by atoms with Gasteiger partial charge < -0.3 is 14.8 Å². The van der Waals surface area contributed by atoms with Crippen molar-refractivity contribution in [3.63, 3.8) is 0 Å². The van der Waals surface area contributed by atoms with E-state index in [-0.39, 0.29) is 12.1 Å². The number of aryl methyl sites for hydroxylation is 1. The number of benzene rings is 2. The van der Waals surface area contributed by atoms with Crippen molar-refractivity contribution in [1.82, 2.24) is 14.5 Å². The number of amides is 2. The number of carbonyl (C=O) groups is 1. The number of imidazole rings is 1. The fraction of sp³-hybridized carbons (Fsp3) is 0.333.